The Kier molecular flexibility index (Phi) is 10.7. The summed E-state index contributed by atoms with van der Waals surface area (Å²) in [5.74, 6) is -0.0891. The zero-order valence-corrected chi connectivity index (χ0v) is 22.6. The highest BCUT2D eigenvalue weighted by Crippen LogP contribution is 2.30. The van der Waals surface area contributed by atoms with Crippen molar-refractivity contribution in [2.45, 2.75) is 38.8 Å². The molecule has 0 fully saturated rings. The van der Waals surface area contributed by atoms with Crippen LogP contribution in [-0.2, 0) is 26.2 Å². The van der Waals surface area contributed by atoms with E-state index in [0.29, 0.717) is 22.9 Å². The van der Waals surface area contributed by atoms with Gasteiger partial charge in [-0.1, -0.05) is 42.3 Å². The van der Waals surface area contributed by atoms with Crippen molar-refractivity contribution in [3.05, 3.63) is 58.1 Å². The number of nitrogens with one attached hydrogen (secondary N) is 1. The van der Waals surface area contributed by atoms with Gasteiger partial charge in [-0.25, -0.2) is 8.42 Å². The molecule has 0 aromatic heterocycles. The Labute approximate surface area is 217 Å². The highest BCUT2D eigenvalue weighted by molar-refractivity contribution is 7.92. The number of amides is 2. The summed E-state index contributed by atoms with van der Waals surface area (Å²) in [4.78, 5) is 27.3. The first-order chi connectivity index (χ1) is 16.5. The van der Waals surface area contributed by atoms with Gasteiger partial charge in [-0.05, 0) is 48.7 Å². The summed E-state index contributed by atoms with van der Waals surface area (Å²) >= 11 is 12.1. The van der Waals surface area contributed by atoms with Gasteiger partial charge >= 0.3 is 0 Å². The number of ether oxygens (including phenoxy) is 1. The number of likely N-dealkylation sites (N-methyl/N-ethyl adjacent to an activating group) is 1. The molecule has 8 nitrogen and oxygen atoms in total. The van der Waals surface area contributed by atoms with E-state index in [-0.39, 0.29) is 42.8 Å². The average Bonchev–Trinajstić information content (AvgIpc) is 2.81. The Morgan fingerprint density at radius 2 is 1.77 bits per heavy atom. The number of hydrogen-bond donors (Lipinski definition) is 1. The summed E-state index contributed by atoms with van der Waals surface area (Å²) in [6.45, 7) is 2.13. The number of benzene rings is 2. The predicted molar refractivity (Wildman–Crippen MR) is 140 cm³/mol. The van der Waals surface area contributed by atoms with Gasteiger partial charge in [0.05, 0.1) is 24.1 Å². The molecule has 35 heavy (non-hydrogen) atoms. The van der Waals surface area contributed by atoms with E-state index in [4.69, 9.17) is 27.9 Å². The zero-order chi connectivity index (χ0) is 26.2. The second kappa shape index (κ2) is 13.0. The van der Waals surface area contributed by atoms with Gasteiger partial charge in [0, 0.05) is 31.6 Å². The van der Waals surface area contributed by atoms with Crippen molar-refractivity contribution in [1.29, 1.82) is 0 Å². The van der Waals surface area contributed by atoms with Crippen LogP contribution in [0.25, 0.3) is 0 Å². The van der Waals surface area contributed by atoms with Crippen LogP contribution in [-0.4, -0.2) is 58.1 Å². The third-order valence-electron chi connectivity index (χ3n) is 5.47. The number of carbonyl (C=O) groups excluding carboxylic acids is 2. The lowest BCUT2D eigenvalue weighted by Gasteiger charge is -2.31. The molecular formula is C24H31Cl2N3O5S. The molecule has 11 heteroatoms. The summed E-state index contributed by atoms with van der Waals surface area (Å²) in [5, 5.41) is 3.46. The van der Waals surface area contributed by atoms with Crippen molar-refractivity contribution >= 4 is 50.7 Å². The van der Waals surface area contributed by atoms with Crippen LogP contribution < -0.4 is 14.4 Å². The Morgan fingerprint density at radius 3 is 2.29 bits per heavy atom. The first kappa shape index (κ1) is 28.7. The van der Waals surface area contributed by atoms with Crippen LogP contribution >= 0.6 is 23.2 Å². The number of nitrogens with zero attached hydrogens (tertiary/aromatic N) is 2. The molecule has 2 aromatic carbocycles. The molecule has 0 aliphatic heterocycles. The lowest BCUT2D eigenvalue weighted by molar-refractivity contribution is -0.141. The second-order valence-electron chi connectivity index (χ2n) is 7.94. The third-order valence-corrected chi connectivity index (χ3v) is 7.22. The van der Waals surface area contributed by atoms with E-state index in [0.717, 1.165) is 11.8 Å². The number of halogens is 2. The van der Waals surface area contributed by atoms with E-state index in [1.165, 1.54) is 29.4 Å². The fourth-order valence-corrected chi connectivity index (χ4v) is 5.02. The smallest absolute Gasteiger partial charge is 0.242 e. The summed E-state index contributed by atoms with van der Waals surface area (Å²) in [6.07, 6.45) is 1.82. The molecule has 1 atom stereocenters. The minimum Gasteiger partial charge on any atom is -0.495 e. The van der Waals surface area contributed by atoms with Crippen molar-refractivity contribution in [3.63, 3.8) is 0 Å². The zero-order valence-electron chi connectivity index (χ0n) is 20.3. The Bertz CT molecular complexity index is 1130. The number of anilines is 1. The molecular weight excluding hydrogens is 513 g/mol. The van der Waals surface area contributed by atoms with Gasteiger partial charge in [0.1, 0.15) is 11.8 Å². The normalized spacial score (nSPS) is 12.1. The van der Waals surface area contributed by atoms with Crippen LogP contribution in [0.15, 0.2) is 42.5 Å². The molecule has 0 aliphatic carbocycles. The van der Waals surface area contributed by atoms with Crippen molar-refractivity contribution < 1.29 is 22.7 Å². The summed E-state index contributed by atoms with van der Waals surface area (Å²) in [7, 11) is -0.632. The second-order valence-corrected chi connectivity index (χ2v) is 10.7. The topological polar surface area (TPSA) is 96.0 Å². The molecule has 2 rings (SSSR count). The molecule has 0 saturated heterocycles. The van der Waals surface area contributed by atoms with Crippen LogP contribution in [0.1, 0.15) is 31.7 Å². The molecule has 2 aromatic rings. The minimum absolute atomic E-state index is 0.0526. The molecule has 2 amide bonds. The number of rotatable bonds is 12. The van der Waals surface area contributed by atoms with Gasteiger partial charge in [-0.2, -0.15) is 0 Å². The quantitative estimate of drug-likeness (QED) is 0.434. The van der Waals surface area contributed by atoms with E-state index in [2.05, 4.69) is 5.32 Å². The lowest BCUT2D eigenvalue weighted by atomic mass is 10.1. The molecule has 0 aliphatic rings. The van der Waals surface area contributed by atoms with E-state index >= 15 is 0 Å². The van der Waals surface area contributed by atoms with Crippen LogP contribution in [0.4, 0.5) is 5.69 Å². The highest BCUT2D eigenvalue weighted by Gasteiger charge is 2.28. The van der Waals surface area contributed by atoms with E-state index < -0.39 is 16.1 Å². The molecule has 0 saturated carbocycles. The number of sulfonamides is 1. The maximum Gasteiger partial charge on any atom is 0.242 e. The largest absolute Gasteiger partial charge is 0.495 e. The van der Waals surface area contributed by atoms with Gasteiger partial charge in [-0.3, -0.25) is 13.9 Å². The van der Waals surface area contributed by atoms with Crippen LogP contribution in [0, 0.1) is 0 Å². The lowest BCUT2D eigenvalue weighted by Crippen LogP contribution is -2.48. The van der Waals surface area contributed by atoms with Crippen molar-refractivity contribution in [3.8, 4) is 5.75 Å². The van der Waals surface area contributed by atoms with Crippen molar-refractivity contribution in [1.82, 2.24) is 10.2 Å². The minimum atomic E-state index is -3.63. The van der Waals surface area contributed by atoms with Crippen LogP contribution in [0.2, 0.25) is 10.0 Å². The monoisotopic (exact) mass is 543 g/mol. The standard InChI is InChI=1S/C24H31Cl2N3O5S/c1-5-21(24(31)27-2)28(16-17-8-10-18(25)11-9-17)23(30)7-6-14-29(35(4,32)33)19-12-13-22(34-3)20(26)15-19/h8-13,15,21H,5-7,14,16H2,1-4H3,(H,27,31). The average molecular weight is 545 g/mol. The Hall–Kier alpha value is -2.49. The van der Waals surface area contributed by atoms with Crippen LogP contribution in [0.3, 0.4) is 0 Å². The fraction of sp³-hybridized carbons (Fsp3) is 0.417. The Balaban J connectivity index is 2.20. The van der Waals surface area contributed by atoms with Crippen molar-refractivity contribution in [2.24, 2.45) is 0 Å². The summed E-state index contributed by atoms with van der Waals surface area (Å²) in [5.41, 5.74) is 1.20. The number of carbonyl (C=O) groups is 2. The number of methoxy groups -OCH3 is 1. The van der Waals surface area contributed by atoms with Crippen LogP contribution in [0.5, 0.6) is 5.75 Å². The molecule has 0 bridgehead atoms. The van der Waals surface area contributed by atoms with Crippen molar-refractivity contribution in [2.75, 3.05) is 31.3 Å². The first-order valence-corrected chi connectivity index (χ1v) is 13.7. The first-order valence-electron chi connectivity index (χ1n) is 11.1. The van der Waals surface area contributed by atoms with Gasteiger partial charge in [-0.15, -0.1) is 0 Å². The SMILES string of the molecule is CCC(C(=O)NC)N(Cc1ccc(Cl)cc1)C(=O)CCCN(c1ccc(OC)c(Cl)c1)S(C)(=O)=O. The molecule has 1 N–H and O–H groups in total. The fourth-order valence-electron chi connectivity index (χ4n) is 3.69. The van der Waals surface area contributed by atoms with E-state index in [9.17, 15) is 18.0 Å². The third kappa shape index (κ3) is 8.02. The van der Waals surface area contributed by atoms with Gasteiger partial charge < -0.3 is 15.0 Å². The van der Waals surface area contributed by atoms with Gasteiger partial charge in [0.2, 0.25) is 21.8 Å². The number of hydrogen-bond acceptors (Lipinski definition) is 5. The predicted octanol–water partition coefficient (Wildman–Crippen LogP) is 4.10. The molecule has 0 heterocycles. The maximum atomic E-state index is 13.3. The summed E-state index contributed by atoms with van der Waals surface area (Å²) in [6, 6.07) is 11.1. The van der Waals surface area contributed by atoms with Gasteiger partial charge in [0.15, 0.2) is 0 Å². The molecule has 192 valence electrons. The molecule has 0 radical (unpaired) electrons. The molecule has 0 spiro atoms. The molecule has 1 unspecified atom stereocenters. The van der Waals surface area contributed by atoms with E-state index in [1.807, 2.05) is 6.92 Å². The Morgan fingerprint density at radius 1 is 1.11 bits per heavy atom. The summed E-state index contributed by atoms with van der Waals surface area (Å²) < 4.78 is 31.2. The highest BCUT2D eigenvalue weighted by atomic mass is 35.5. The van der Waals surface area contributed by atoms with Gasteiger partial charge in [0.25, 0.3) is 0 Å². The van der Waals surface area contributed by atoms with E-state index in [1.54, 1.807) is 36.4 Å². The maximum absolute atomic E-state index is 13.3.